The minimum atomic E-state index is -0.337. The van der Waals surface area contributed by atoms with Crippen LogP contribution in [0.15, 0.2) is 11.8 Å². The lowest BCUT2D eigenvalue weighted by atomic mass is 10.1. The van der Waals surface area contributed by atoms with Crippen LogP contribution in [0.2, 0.25) is 0 Å². The van der Waals surface area contributed by atoms with Crippen LogP contribution in [0.3, 0.4) is 0 Å². The summed E-state index contributed by atoms with van der Waals surface area (Å²) in [4.78, 5) is 0. The molecule has 1 aliphatic heterocycles. The Balaban J connectivity index is 2.45. The minimum absolute atomic E-state index is 0.0663. The zero-order valence-corrected chi connectivity index (χ0v) is 7.00. The number of aliphatic hydroxyl groups is 1. The van der Waals surface area contributed by atoms with Gasteiger partial charge in [0, 0.05) is 0 Å². The molecule has 2 N–H and O–H groups in total. The van der Waals surface area contributed by atoms with Crippen LogP contribution in [0.1, 0.15) is 13.3 Å². The number of hydrogen-bond acceptors (Lipinski definition) is 3. The van der Waals surface area contributed by atoms with Crippen LogP contribution in [0.5, 0.6) is 0 Å². The first-order valence-electron chi connectivity index (χ1n) is 3.92. The lowest BCUT2D eigenvalue weighted by molar-refractivity contribution is -0.00630. The molecule has 0 unspecified atom stereocenters. The Bertz CT molecular complexity index is 156. The second-order valence-corrected chi connectivity index (χ2v) is 2.83. The van der Waals surface area contributed by atoms with E-state index in [0.717, 1.165) is 12.3 Å². The highest BCUT2D eigenvalue weighted by atomic mass is 16.5. The van der Waals surface area contributed by atoms with Crippen LogP contribution in [0.25, 0.3) is 0 Å². The van der Waals surface area contributed by atoms with Crippen molar-refractivity contribution < 1.29 is 9.84 Å². The van der Waals surface area contributed by atoms with Crippen molar-refractivity contribution in [1.29, 1.82) is 0 Å². The molecular weight excluding hydrogens is 142 g/mol. The molecule has 0 aromatic heterocycles. The molecule has 0 saturated carbocycles. The standard InChI is InChI=1S/C8H15NO2/c1-6-8(10)4-3-7(11-6)5-9-2/h3,6,8-10H,4-5H2,1-2H3/t6-,8-/m1/s1. The van der Waals surface area contributed by atoms with Crippen molar-refractivity contribution in [3.63, 3.8) is 0 Å². The Labute approximate surface area is 67.1 Å². The van der Waals surface area contributed by atoms with Gasteiger partial charge in [-0.05, 0) is 26.5 Å². The monoisotopic (exact) mass is 157 g/mol. The van der Waals surface area contributed by atoms with E-state index in [-0.39, 0.29) is 12.2 Å². The predicted octanol–water partition coefficient (Wildman–Crippen LogP) is 0.259. The second-order valence-electron chi connectivity index (χ2n) is 2.83. The van der Waals surface area contributed by atoms with Crippen molar-refractivity contribution in [2.45, 2.75) is 25.6 Å². The van der Waals surface area contributed by atoms with Crippen molar-refractivity contribution >= 4 is 0 Å². The molecule has 1 rings (SSSR count). The molecule has 0 radical (unpaired) electrons. The maximum atomic E-state index is 9.27. The lowest BCUT2D eigenvalue weighted by Gasteiger charge is -2.25. The Morgan fingerprint density at radius 2 is 2.55 bits per heavy atom. The number of aliphatic hydroxyl groups excluding tert-OH is 1. The molecule has 11 heavy (non-hydrogen) atoms. The molecule has 2 atom stereocenters. The molecule has 0 bridgehead atoms. The van der Waals surface area contributed by atoms with Gasteiger partial charge < -0.3 is 15.2 Å². The zero-order valence-electron chi connectivity index (χ0n) is 7.00. The summed E-state index contributed by atoms with van der Waals surface area (Å²) >= 11 is 0. The van der Waals surface area contributed by atoms with Crippen molar-refractivity contribution in [1.82, 2.24) is 5.32 Å². The van der Waals surface area contributed by atoms with Gasteiger partial charge in [0.05, 0.1) is 12.6 Å². The summed E-state index contributed by atoms with van der Waals surface area (Å²) in [6, 6.07) is 0. The average molecular weight is 157 g/mol. The predicted molar refractivity (Wildman–Crippen MR) is 43.2 cm³/mol. The Kier molecular flexibility index (Phi) is 2.91. The summed E-state index contributed by atoms with van der Waals surface area (Å²) in [6.45, 7) is 2.63. The maximum Gasteiger partial charge on any atom is 0.122 e. The van der Waals surface area contributed by atoms with Crippen LogP contribution < -0.4 is 5.32 Å². The Morgan fingerprint density at radius 1 is 1.82 bits per heavy atom. The van der Waals surface area contributed by atoms with E-state index in [4.69, 9.17) is 4.74 Å². The molecule has 3 heteroatoms. The molecule has 0 aromatic carbocycles. The summed E-state index contributed by atoms with van der Waals surface area (Å²) in [5.74, 6) is 0.935. The van der Waals surface area contributed by atoms with Gasteiger partial charge in [0.25, 0.3) is 0 Å². The molecule has 0 fully saturated rings. The molecule has 0 aliphatic carbocycles. The van der Waals surface area contributed by atoms with E-state index in [1.54, 1.807) is 0 Å². The van der Waals surface area contributed by atoms with Gasteiger partial charge in [0.1, 0.15) is 11.9 Å². The summed E-state index contributed by atoms with van der Waals surface area (Å²) < 4.78 is 5.39. The normalized spacial score (nSPS) is 31.0. The van der Waals surface area contributed by atoms with Crippen LogP contribution >= 0.6 is 0 Å². The molecule has 0 amide bonds. The first-order chi connectivity index (χ1) is 5.24. The van der Waals surface area contributed by atoms with Gasteiger partial charge in [-0.25, -0.2) is 0 Å². The largest absolute Gasteiger partial charge is 0.491 e. The van der Waals surface area contributed by atoms with Crippen molar-refractivity contribution in [3.8, 4) is 0 Å². The van der Waals surface area contributed by atoms with Gasteiger partial charge in [0.15, 0.2) is 0 Å². The van der Waals surface area contributed by atoms with Crippen LogP contribution in [-0.2, 0) is 4.74 Å². The van der Waals surface area contributed by atoms with E-state index in [9.17, 15) is 5.11 Å². The SMILES string of the molecule is CNCC1=CC[C@@H](O)[C@@H](C)O1. The van der Waals surface area contributed by atoms with Gasteiger partial charge in [0.2, 0.25) is 0 Å². The Morgan fingerprint density at radius 3 is 3.09 bits per heavy atom. The van der Waals surface area contributed by atoms with E-state index in [1.807, 2.05) is 20.0 Å². The summed E-state index contributed by atoms with van der Waals surface area (Å²) in [5, 5.41) is 12.3. The summed E-state index contributed by atoms with van der Waals surface area (Å²) in [7, 11) is 1.87. The van der Waals surface area contributed by atoms with Crippen LogP contribution in [0, 0.1) is 0 Å². The number of likely N-dealkylation sites (N-methyl/N-ethyl adjacent to an activating group) is 1. The number of ether oxygens (including phenoxy) is 1. The number of rotatable bonds is 2. The minimum Gasteiger partial charge on any atom is -0.491 e. The fourth-order valence-corrected chi connectivity index (χ4v) is 1.10. The molecule has 1 aliphatic rings. The highest BCUT2D eigenvalue weighted by Gasteiger charge is 2.19. The van der Waals surface area contributed by atoms with E-state index in [1.165, 1.54) is 0 Å². The third-order valence-electron chi connectivity index (χ3n) is 1.82. The van der Waals surface area contributed by atoms with E-state index in [0.29, 0.717) is 6.42 Å². The quantitative estimate of drug-likeness (QED) is 0.604. The summed E-state index contributed by atoms with van der Waals surface area (Å²) in [6.07, 6.45) is 2.23. The molecule has 0 saturated heterocycles. The molecule has 1 heterocycles. The summed E-state index contributed by atoms with van der Waals surface area (Å²) in [5.41, 5.74) is 0. The van der Waals surface area contributed by atoms with Gasteiger partial charge >= 0.3 is 0 Å². The number of nitrogens with one attached hydrogen (secondary N) is 1. The van der Waals surface area contributed by atoms with Crippen molar-refractivity contribution in [2.24, 2.45) is 0 Å². The van der Waals surface area contributed by atoms with E-state index < -0.39 is 0 Å². The van der Waals surface area contributed by atoms with Gasteiger partial charge in [-0.1, -0.05) is 0 Å². The topological polar surface area (TPSA) is 41.5 Å². The maximum absolute atomic E-state index is 9.27. The van der Waals surface area contributed by atoms with E-state index >= 15 is 0 Å². The van der Waals surface area contributed by atoms with Crippen LogP contribution in [0.4, 0.5) is 0 Å². The smallest absolute Gasteiger partial charge is 0.122 e. The fourth-order valence-electron chi connectivity index (χ4n) is 1.10. The zero-order chi connectivity index (χ0) is 8.27. The molecule has 3 nitrogen and oxygen atoms in total. The average Bonchev–Trinajstić information content (AvgIpc) is 1.98. The fraction of sp³-hybridized carbons (Fsp3) is 0.750. The number of hydrogen-bond donors (Lipinski definition) is 2. The molecular formula is C8H15NO2. The third-order valence-corrected chi connectivity index (χ3v) is 1.82. The van der Waals surface area contributed by atoms with Gasteiger partial charge in [-0.2, -0.15) is 0 Å². The lowest BCUT2D eigenvalue weighted by Crippen LogP contribution is -2.31. The highest BCUT2D eigenvalue weighted by molar-refractivity contribution is 5.01. The van der Waals surface area contributed by atoms with Gasteiger partial charge in [-0.15, -0.1) is 0 Å². The van der Waals surface area contributed by atoms with E-state index in [2.05, 4.69) is 5.32 Å². The first kappa shape index (κ1) is 8.56. The van der Waals surface area contributed by atoms with Crippen molar-refractivity contribution in [3.05, 3.63) is 11.8 Å². The Hall–Kier alpha value is -0.540. The third kappa shape index (κ3) is 2.20. The van der Waals surface area contributed by atoms with Crippen molar-refractivity contribution in [2.75, 3.05) is 13.6 Å². The van der Waals surface area contributed by atoms with Crippen LogP contribution in [-0.4, -0.2) is 30.9 Å². The highest BCUT2D eigenvalue weighted by Crippen LogP contribution is 2.15. The second kappa shape index (κ2) is 3.74. The molecule has 0 spiro atoms. The molecule has 0 aromatic rings. The van der Waals surface area contributed by atoms with Gasteiger partial charge in [-0.3, -0.25) is 0 Å². The first-order valence-corrected chi connectivity index (χ1v) is 3.92. The molecule has 64 valence electrons.